The zero-order valence-corrected chi connectivity index (χ0v) is 9.46. The van der Waals surface area contributed by atoms with Crippen LogP contribution >= 0.6 is 11.6 Å². The highest BCUT2D eigenvalue weighted by atomic mass is 35.5. The Morgan fingerprint density at radius 2 is 2.21 bits per heavy atom. The summed E-state index contributed by atoms with van der Waals surface area (Å²) in [5, 5.41) is 3.39. The zero-order valence-electron chi connectivity index (χ0n) is 8.70. The summed E-state index contributed by atoms with van der Waals surface area (Å²) in [5.74, 6) is 1.20. The molecule has 1 unspecified atom stereocenters. The Morgan fingerprint density at radius 1 is 1.43 bits per heavy atom. The van der Waals surface area contributed by atoms with Gasteiger partial charge in [0.05, 0.1) is 5.69 Å². The zero-order chi connectivity index (χ0) is 10.4. The third-order valence-corrected chi connectivity index (χ3v) is 2.57. The molecular weight excluding hydrogens is 196 g/mol. The van der Waals surface area contributed by atoms with Crippen LogP contribution in [-0.2, 0) is 6.54 Å². The van der Waals surface area contributed by atoms with Crippen LogP contribution in [0.25, 0.3) is 0 Å². The lowest BCUT2D eigenvalue weighted by molar-refractivity contribution is 0.428. The van der Waals surface area contributed by atoms with Gasteiger partial charge in [-0.15, -0.1) is 11.6 Å². The molecule has 1 aromatic rings. The maximum absolute atomic E-state index is 5.85. The summed E-state index contributed by atoms with van der Waals surface area (Å²) in [6.45, 7) is 5.12. The third kappa shape index (κ3) is 3.64. The van der Waals surface area contributed by atoms with Gasteiger partial charge in [0.15, 0.2) is 0 Å². The number of pyridine rings is 1. The molecule has 0 saturated carbocycles. The summed E-state index contributed by atoms with van der Waals surface area (Å²) in [7, 11) is 0. The van der Waals surface area contributed by atoms with Crippen molar-refractivity contribution in [2.24, 2.45) is 5.92 Å². The molecule has 0 saturated heterocycles. The Balaban J connectivity index is 2.40. The van der Waals surface area contributed by atoms with Gasteiger partial charge in [-0.05, 0) is 18.1 Å². The highest BCUT2D eigenvalue weighted by molar-refractivity contribution is 6.18. The van der Waals surface area contributed by atoms with Gasteiger partial charge in [-0.3, -0.25) is 4.98 Å². The first kappa shape index (κ1) is 11.5. The van der Waals surface area contributed by atoms with Gasteiger partial charge in [-0.25, -0.2) is 0 Å². The van der Waals surface area contributed by atoms with Gasteiger partial charge >= 0.3 is 0 Å². The minimum Gasteiger partial charge on any atom is -0.307 e. The maximum atomic E-state index is 5.85. The van der Waals surface area contributed by atoms with Crippen molar-refractivity contribution < 1.29 is 0 Å². The molecule has 0 bridgehead atoms. The van der Waals surface area contributed by atoms with E-state index in [0.29, 0.717) is 17.8 Å². The minimum atomic E-state index is 0.360. The highest BCUT2D eigenvalue weighted by Crippen LogP contribution is 2.04. The largest absolute Gasteiger partial charge is 0.307 e. The van der Waals surface area contributed by atoms with Crippen molar-refractivity contribution in [3.8, 4) is 0 Å². The van der Waals surface area contributed by atoms with Gasteiger partial charge in [-0.1, -0.05) is 19.9 Å². The highest BCUT2D eigenvalue weighted by Gasteiger charge is 2.10. The topological polar surface area (TPSA) is 24.9 Å². The lowest BCUT2D eigenvalue weighted by Crippen LogP contribution is -2.35. The molecule has 1 heterocycles. The first-order chi connectivity index (χ1) is 6.74. The van der Waals surface area contributed by atoms with Crippen LogP contribution in [0.2, 0.25) is 0 Å². The predicted octanol–water partition coefficient (Wildman–Crippen LogP) is 2.43. The first-order valence-electron chi connectivity index (χ1n) is 4.93. The molecule has 0 aliphatic carbocycles. The number of hydrogen-bond donors (Lipinski definition) is 1. The van der Waals surface area contributed by atoms with Gasteiger partial charge in [0.2, 0.25) is 0 Å². The van der Waals surface area contributed by atoms with Crippen LogP contribution in [0.1, 0.15) is 19.5 Å². The van der Waals surface area contributed by atoms with E-state index in [9.17, 15) is 0 Å². The van der Waals surface area contributed by atoms with Crippen LogP contribution in [0.15, 0.2) is 24.4 Å². The van der Waals surface area contributed by atoms with Crippen LogP contribution in [0.5, 0.6) is 0 Å². The average molecular weight is 213 g/mol. The molecule has 2 nitrogen and oxygen atoms in total. The molecule has 0 aliphatic rings. The molecule has 1 rings (SSSR count). The van der Waals surface area contributed by atoms with Crippen molar-refractivity contribution in [3.05, 3.63) is 30.1 Å². The molecule has 0 aromatic carbocycles. The number of alkyl halides is 1. The van der Waals surface area contributed by atoms with E-state index < -0.39 is 0 Å². The Bertz CT molecular complexity index is 249. The van der Waals surface area contributed by atoms with E-state index in [1.54, 1.807) is 0 Å². The average Bonchev–Trinajstić information content (AvgIpc) is 2.20. The first-order valence-corrected chi connectivity index (χ1v) is 5.46. The second-order valence-corrected chi connectivity index (χ2v) is 4.02. The predicted molar refractivity (Wildman–Crippen MR) is 60.4 cm³/mol. The fraction of sp³-hybridized carbons (Fsp3) is 0.545. The molecule has 0 amide bonds. The van der Waals surface area contributed by atoms with E-state index in [4.69, 9.17) is 11.6 Å². The lowest BCUT2D eigenvalue weighted by atomic mass is 10.1. The monoisotopic (exact) mass is 212 g/mol. The van der Waals surface area contributed by atoms with Crippen molar-refractivity contribution in [1.82, 2.24) is 10.3 Å². The van der Waals surface area contributed by atoms with Gasteiger partial charge in [0.25, 0.3) is 0 Å². The summed E-state index contributed by atoms with van der Waals surface area (Å²) in [5.41, 5.74) is 1.06. The SMILES string of the molecule is CC(C)C(CCl)NCc1ccccn1. The summed E-state index contributed by atoms with van der Waals surface area (Å²) in [4.78, 5) is 4.24. The molecule has 14 heavy (non-hydrogen) atoms. The van der Waals surface area contributed by atoms with Crippen molar-refractivity contribution >= 4 is 11.6 Å². The quantitative estimate of drug-likeness (QED) is 0.759. The number of nitrogens with one attached hydrogen (secondary N) is 1. The van der Waals surface area contributed by atoms with Crippen molar-refractivity contribution in [2.45, 2.75) is 26.4 Å². The summed E-state index contributed by atoms with van der Waals surface area (Å²) in [6.07, 6.45) is 1.81. The normalized spacial score (nSPS) is 13.1. The van der Waals surface area contributed by atoms with Gasteiger partial charge in [0, 0.05) is 24.7 Å². The van der Waals surface area contributed by atoms with E-state index in [2.05, 4.69) is 24.1 Å². The second kappa shape index (κ2) is 5.99. The van der Waals surface area contributed by atoms with Crippen molar-refractivity contribution in [3.63, 3.8) is 0 Å². The molecule has 78 valence electrons. The van der Waals surface area contributed by atoms with Crippen molar-refractivity contribution in [1.29, 1.82) is 0 Å². The fourth-order valence-electron chi connectivity index (χ4n) is 1.21. The number of aromatic nitrogens is 1. The van der Waals surface area contributed by atoms with Crippen molar-refractivity contribution in [2.75, 3.05) is 5.88 Å². The van der Waals surface area contributed by atoms with E-state index in [1.807, 2.05) is 24.4 Å². The summed E-state index contributed by atoms with van der Waals surface area (Å²) >= 11 is 5.85. The molecule has 0 spiro atoms. The van der Waals surface area contributed by atoms with Crippen LogP contribution in [-0.4, -0.2) is 16.9 Å². The Hall–Kier alpha value is -0.600. The number of rotatable bonds is 5. The van der Waals surface area contributed by atoms with Crippen LogP contribution in [0.4, 0.5) is 0 Å². The summed E-state index contributed by atoms with van der Waals surface area (Å²) in [6, 6.07) is 6.29. The Kier molecular flexibility index (Phi) is 4.91. The van der Waals surface area contributed by atoms with E-state index in [0.717, 1.165) is 12.2 Å². The van der Waals surface area contributed by atoms with Gasteiger partial charge in [0.1, 0.15) is 0 Å². The second-order valence-electron chi connectivity index (χ2n) is 3.71. The standard InChI is InChI=1S/C11H17ClN2/c1-9(2)11(7-12)14-8-10-5-3-4-6-13-10/h3-6,9,11,14H,7-8H2,1-2H3. The van der Waals surface area contributed by atoms with Crippen LogP contribution in [0.3, 0.4) is 0 Å². The Morgan fingerprint density at radius 3 is 2.71 bits per heavy atom. The van der Waals surface area contributed by atoms with Crippen LogP contribution in [0, 0.1) is 5.92 Å². The Labute approximate surface area is 90.7 Å². The molecule has 0 aliphatic heterocycles. The molecule has 0 radical (unpaired) electrons. The number of nitrogens with zero attached hydrogens (tertiary/aromatic N) is 1. The molecule has 3 heteroatoms. The number of halogens is 1. The molecule has 1 N–H and O–H groups in total. The van der Waals surface area contributed by atoms with E-state index in [-0.39, 0.29) is 0 Å². The maximum Gasteiger partial charge on any atom is 0.0541 e. The smallest absolute Gasteiger partial charge is 0.0541 e. The van der Waals surface area contributed by atoms with E-state index in [1.165, 1.54) is 0 Å². The molecule has 1 atom stereocenters. The molecule has 0 fully saturated rings. The van der Waals surface area contributed by atoms with E-state index >= 15 is 0 Å². The minimum absolute atomic E-state index is 0.360. The number of hydrogen-bond acceptors (Lipinski definition) is 2. The van der Waals surface area contributed by atoms with Crippen LogP contribution < -0.4 is 5.32 Å². The molecule has 1 aromatic heterocycles. The fourth-order valence-corrected chi connectivity index (χ4v) is 1.67. The summed E-state index contributed by atoms with van der Waals surface area (Å²) < 4.78 is 0. The third-order valence-electron chi connectivity index (χ3n) is 2.24. The lowest BCUT2D eigenvalue weighted by Gasteiger charge is -2.19. The van der Waals surface area contributed by atoms with Gasteiger partial charge < -0.3 is 5.32 Å². The van der Waals surface area contributed by atoms with Gasteiger partial charge in [-0.2, -0.15) is 0 Å². The molecular formula is C11H17ClN2.